The molecule has 3 N–H and O–H groups in total. The van der Waals surface area contributed by atoms with Gasteiger partial charge < -0.3 is 4.74 Å². The van der Waals surface area contributed by atoms with Crippen LogP contribution in [-0.2, 0) is 0 Å². The summed E-state index contributed by atoms with van der Waals surface area (Å²) in [4.78, 5) is 8.14. The van der Waals surface area contributed by atoms with E-state index in [0.29, 0.717) is 10.7 Å². The molecule has 0 saturated heterocycles. The number of rotatable bonds is 4. The molecule has 0 saturated carbocycles. The maximum Gasteiger partial charge on any atom is 0.237 e. The highest BCUT2D eigenvalue weighted by Gasteiger charge is 2.22. The van der Waals surface area contributed by atoms with Crippen molar-refractivity contribution in [3.05, 3.63) is 52.7 Å². The van der Waals surface area contributed by atoms with Crippen LogP contribution in [0.4, 0.5) is 4.39 Å². The van der Waals surface area contributed by atoms with Crippen molar-refractivity contribution in [1.29, 1.82) is 0 Å². The third-order valence-electron chi connectivity index (χ3n) is 2.59. The number of nitrogens with two attached hydrogens (primary N) is 1. The standard InChI is InChI=1S/C12H12ClFN4O/c1-19-12-11(16-4-5-17-12)10(18-15)8-6-7(13)2-3-9(8)14/h2-6,10,18H,15H2,1H3. The second-order valence-electron chi connectivity index (χ2n) is 3.72. The summed E-state index contributed by atoms with van der Waals surface area (Å²) in [7, 11) is 1.45. The Balaban J connectivity index is 2.53. The van der Waals surface area contributed by atoms with Gasteiger partial charge in [0.05, 0.1) is 13.2 Å². The zero-order chi connectivity index (χ0) is 13.8. The van der Waals surface area contributed by atoms with Gasteiger partial charge in [-0.15, -0.1) is 0 Å². The molecule has 0 fully saturated rings. The Morgan fingerprint density at radius 2 is 2.11 bits per heavy atom. The molecular weight excluding hydrogens is 271 g/mol. The number of benzene rings is 1. The minimum atomic E-state index is -0.706. The Morgan fingerprint density at radius 3 is 2.79 bits per heavy atom. The molecule has 0 spiro atoms. The molecule has 1 aromatic heterocycles. The SMILES string of the molecule is COc1nccnc1C(NN)c1cc(Cl)ccc1F. The molecule has 1 aromatic carbocycles. The summed E-state index contributed by atoms with van der Waals surface area (Å²) in [6.45, 7) is 0. The number of hydrogen-bond acceptors (Lipinski definition) is 5. The van der Waals surface area contributed by atoms with E-state index in [4.69, 9.17) is 22.2 Å². The van der Waals surface area contributed by atoms with Gasteiger partial charge in [0, 0.05) is 23.0 Å². The lowest BCUT2D eigenvalue weighted by molar-refractivity contribution is 0.382. The fourth-order valence-electron chi connectivity index (χ4n) is 1.74. The van der Waals surface area contributed by atoms with Crippen LogP contribution in [-0.4, -0.2) is 17.1 Å². The first-order valence-electron chi connectivity index (χ1n) is 5.43. The van der Waals surface area contributed by atoms with Gasteiger partial charge in [-0.05, 0) is 18.2 Å². The lowest BCUT2D eigenvalue weighted by atomic mass is 10.0. The summed E-state index contributed by atoms with van der Waals surface area (Å²) in [5.74, 6) is 5.32. The van der Waals surface area contributed by atoms with Crippen LogP contribution in [0.2, 0.25) is 5.02 Å². The van der Waals surface area contributed by atoms with Gasteiger partial charge in [0.25, 0.3) is 0 Å². The summed E-state index contributed by atoms with van der Waals surface area (Å²) in [6, 6.07) is 3.50. The van der Waals surface area contributed by atoms with E-state index in [9.17, 15) is 4.39 Å². The van der Waals surface area contributed by atoms with Gasteiger partial charge in [0.1, 0.15) is 11.5 Å². The van der Waals surface area contributed by atoms with Crippen LogP contribution < -0.4 is 16.0 Å². The number of methoxy groups -OCH3 is 1. The fraction of sp³-hybridized carbons (Fsp3) is 0.167. The van der Waals surface area contributed by atoms with E-state index in [0.717, 1.165) is 0 Å². The number of nitrogens with one attached hydrogen (secondary N) is 1. The Hall–Kier alpha value is -1.76. The Bertz CT molecular complexity index is 581. The number of aromatic nitrogens is 2. The van der Waals surface area contributed by atoms with E-state index < -0.39 is 11.9 Å². The lowest BCUT2D eigenvalue weighted by Crippen LogP contribution is -2.30. The molecule has 2 rings (SSSR count). The average Bonchev–Trinajstić information content (AvgIpc) is 2.44. The molecule has 1 atom stereocenters. The minimum Gasteiger partial charge on any atom is -0.480 e. The summed E-state index contributed by atoms with van der Waals surface area (Å²) in [5, 5.41) is 0.402. The van der Waals surface area contributed by atoms with Gasteiger partial charge in [0.2, 0.25) is 5.88 Å². The summed E-state index contributed by atoms with van der Waals surface area (Å²) < 4.78 is 19.0. The van der Waals surface area contributed by atoms with Crippen LogP contribution in [0.15, 0.2) is 30.6 Å². The predicted octanol–water partition coefficient (Wildman–Crippen LogP) is 1.83. The predicted molar refractivity (Wildman–Crippen MR) is 69.2 cm³/mol. The molecule has 5 nitrogen and oxygen atoms in total. The number of hydrogen-bond donors (Lipinski definition) is 2. The van der Waals surface area contributed by atoms with Crippen molar-refractivity contribution in [3.8, 4) is 5.88 Å². The van der Waals surface area contributed by atoms with Crippen LogP contribution >= 0.6 is 11.6 Å². The Morgan fingerprint density at radius 1 is 1.37 bits per heavy atom. The lowest BCUT2D eigenvalue weighted by Gasteiger charge is -2.18. The number of ether oxygens (including phenoxy) is 1. The normalized spacial score (nSPS) is 12.2. The molecule has 1 unspecified atom stereocenters. The van der Waals surface area contributed by atoms with Gasteiger partial charge >= 0.3 is 0 Å². The summed E-state index contributed by atoms with van der Waals surface area (Å²) >= 11 is 5.88. The van der Waals surface area contributed by atoms with E-state index in [-0.39, 0.29) is 11.4 Å². The van der Waals surface area contributed by atoms with Crippen LogP contribution in [0.25, 0.3) is 0 Å². The van der Waals surface area contributed by atoms with Crippen molar-refractivity contribution in [3.63, 3.8) is 0 Å². The molecule has 19 heavy (non-hydrogen) atoms. The second kappa shape index (κ2) is 5.92. The smallest absolute Gasteiger partial charge is 0.237 e. The first-order valence-corrected chi connectivity index (χ1v) is 5.81. The van der Waals surface area contributed by atoms with Crippen LogP contribution in [0.5, 0.6) is 5.88 Å². The largest absolute Gasteiger partial charge is 0.480 e. The maximum absolute atomic E-state index is 13.9. The molecule has 100 valence electrons. The monoisotopic (exact) mass is 282 g/mol. The van der Waals surface area contributed by atoms with Crippen molar-refractivity contribution in [1.82, 2.24) is 15.4 Å². The van der Waals surface area contributed by atoms with Crippen LogP contribution in [0.1, 0.15) is 17.3 Å². The molecule has 0 radical (unpaired) electrons. The Labute approximate surface area is 114 Å². The quantitative estimate of drug-likeness (QED) is 0.661. The number of nitrogens with zero attached hydrogens (tertiary/aromatic N) is 2. The van der Waals surface area contributed by atoms with Crippen molar-refractivity contribution in [2.24, 2.45) is 5.84 Å². The fourth-order valence-corrected chi connectivity index (χ4v) is 1.92. The zero-order valence-corrected chi connectivity index (χ0v) is 10.9. The van der Waals surface area contributed by atoms with Gasteiger partial charge in [-0.1, -0.05) is 11.6 Å². The third-order valence-corrected chi connectivity index (χ3v) is 2.83. The van der Waals surface area contributed by atoms with E-state index in [1.165, 1.54) is 37.7 Å². The van der Waals surface area contributed by atoms with Gasteiger partial charge in [-0.2, -0.15) is 0 Å². The molecule has 1 heterocycles. The van der Waals surface area contributed by atoms with Crippen molar-refractivity contribution < 1.29 is 9.13 Å². The summed E-state index contributed by atoms with van der Waals surface area (Å²) in [6.07, 6.45) is 2.95. The second-order valence-corrected chi connectivity index (χ2v) is 4.15. The molecular formula is C12H12ClFN4O. The van der Waals surface area contributed by atoms with E-state index in [1.54, 1.807) is 0 Å². The molecule has 0 amide bonds. The van der Waals surface area contributed by atoms with Crippen LogP contribution in [0, 0.1) is 5.82 Å². The highest BCUT2D eigenvalue weighted by Crippen LogP contribution is 2.29. The molecule has 0 bridgehead atoms. The van der Waals surface area contributed by atoms with Crippen LogP contribution in [0.3, 0.4) is 0 Å². The van der Waals surface area contributed by atoms with E-state index in [1.807, 2.05) is 0 Å². The molecule has 2 aromatic rings. The van der Waals surface area contributed by atoms with E-state index in [2.05, 4.69) is 15.4 Å². The molecule has 0 aliphatic carbocycles. The molecule has 0 aliphatic rings. The third kappa shape index (κ3) is 2.81. The van der Waals surface area contributed by atoms with Crippen molar-refractivity contribution in [2.45, 2.75) is 6.04 Å². The van der Waals surface area contributed by atoms with Gasteiger partial charge in [-0.25, -0.2) is 14.8 Å². The zero-order valence-electron chi connectivity index (χ0n) is 10.1. The first kappa shape index (κ1) is 13.7. The molecule has 7 heteroatoms. The minimum absolute atomic E-state index is 0.268. The number of halogens is 2. The van der Waals surface area contributed by atoms with E-state index >= 15 is 0 Å². The highest BCUT2D eigenvalue weighted by atomic mass is 35.5. The molecule has 0 aliphatic heterocycles. The maximum atomic E-state index is 13.9. The highest BCUT2D eigenvalue weighted by molar-refractivity contribution is 6.30. The Kier molecular flexibility index (Phi) is 4.26. The topological polar surface area (TPSA) is 73.1 Å². The van der Waals surface area contributed by atoms with Crippen molar-refractivity contribution in [2.75, 3.05) is 7.11 Å². The first-order chi connectivity index (χ1) is 9.17. The summed E-state index contributed by atoms with van der Waals surface area (Å²) in [5.41, 5.74) is 3.15. The average molecular weight is 283 g/mol. The number of hydrazine groups is 1. The van der Waals surface area contributed by atoms with Crippen molar-refractivity contribution >= 4 is 11.6 Å². The van der Waals surface area contributed by atoms with Gasteiger partial charge in [0.15, 0.2) is 0 Å². The van der Waals surface area contributed by atoms with Gasteiger partial charge in [-0.3, -0.25) is 10.8 Å².